The Balaban J connectivity index is 1.86. The number of rotatable bonds is 6. The van der Waals surface area contributed by atoms with Crippen LogP contribution in [0.4, 0.5) is 10.8 Å². The number of ether oxygens (including phenoxy) is 1. The van der Waals surface area contributed by atoms with Crippen molar-refractivity contribution >= 4 is 28.1 Å². The maximum absolute atomic E-state index is 12.4. The third-order valence-electron chi connectivity index (χ3n) is 3.32. The van der Waals surface area contributed by atoms with Crippen molar-refractivity contribution in [3.63, 3.8) is 0 Å². The fourth-order valence-corrected chi connectivity index (χ4v) is 2.72. The molecule has 1 heterocycles. The number of anilines is 1. The summed E-state index contributed by atoms with van der Waals surface area (Å²) in [6.07, 6.45) is 1.54. The van der Waals surface area contributed by atoms with Crippen molar-refractivity contribution in [1.82, 2.24) is 4.98 Å². The number of thiazole rings is 1. The van der Waals surface area contributed by atoms with Crippen LogP contribution in [0.5, 0.6) is 5.75 Å². The largest absolute Gasteiger partial charge is 0.482 e. The fourth-order valence-electron chi connectivity index (χ4n) is 2.20. The molecule has 2 aromatic carbocycles. The molecule has 25 heavy (non-hydrogen) atoms. The Kier molecular flexibility index (Phi) is 5.00. The highest BCUT2D eigenvalue weighted by molar-refractivity contribution is 7.13. The molecule has 126 valence electrons. The molecule has 0 aliphatic heterocycles. The second-order valence-electron chi connectivity index (χ2n) is 4.98. The van der Waals surface area contributed by atoms with Crippen molar-refractivity contribution in [3.05, 3.63) is 81.3 Å². The molecule has 3 aromatic rings. The van der Waals surface area contributed by atoms with Crippen LogP contribution in [-0.4, -0.2) is 15.8 Å². The van der Waals surface area contributed by atoms with Gasteiger partial charge >= 0.3 is 5.69 Å². The van der Waals surface area contributed by atoms with Gasteiger partial charge in [-0.05, 0) is 17.7 Å². The topological polar surface area (TPSA) is 94.4 Å². The third-order valence-corrected chi connectivity index (χ3v) is 4.00. The maximum Gasteiger partial charge on any atom is 0.323 e. The molecule has 0 atom stereocenters. The summed E-state index contributed by atoms with van der Waals surface area (Å²) in [7, 11) is 0. The quantitative estimate of drug-likeness (QED) is 0.535. The number of aromatic nitrogens is 1. The lowest BCUT2D eigenvalue weighted by atomic mass is 10.1. The molecule has 0 fully saturated rings. The molecular formula is C17H13N3O4S. The lowest BCUT2D eigenvalue weighted by molar-refractivity contribution is -0.386. The van der Waals surface area contributed by atoms with E-state index in [9.17, 15) is 14.9 Å². The van der Waals surface area contributed by atoms with Crippen molar-refractivity contribution in [3.8, 4) is 5.75 Å². The Labute approximate surface area is 147 Å². The minimum absolute atomic E-state index is 0.0423. The molecule has 3 rings (SSSR count). The summed E-state index contributed by atoms with van der Waals surface area (Å²) >= 11 is 1.23. The predicted octanol–water partition coefficient (Wildman–Crippen LogP) is 3.88. The Morgan fingerprint density at radius 2 is 2.00 bits per heavy atom. The first kappa shape index (κ1) is 16.6. The monoisotopic (exact) mass is 355 g/mol. The van der Waals surface area contributed by atoms with Crippen LogP contribution in [0.2, 0.25) is 0 Å². The first-order valence-electron chi connectivity index (χ1n) is 7.30. The fraction of sp³-hybridized carbons (Fsp3) is 0.0588. The summed E-state index contributed by atoms with van der Waals surface area (Å²) < 4.78 is 5.58. The number of hydrogen-bond donors (Lipinski definition) is 1. The number of nitro groups is 1. The number of nitrogens with one attached hydrogen (secondary N) is 1. The van der Waals surface area contributed by atoms with E-state index < -0.39 is 10.8 Å². The molecule has 1 N–H and O–H groups in total. The summed E-state index contributed by atoms with van der Waals surface area (Å²) in [4.78, 5) is 27.2. The zero-order valence-electron chi connectivity index (χ0n) is 12.9. The lowest BCUT2D eigenvalue weighted by Gasteiger charge is -2.09. The molecule has 0 aliphatic rings. The number of nitrogens with zero attached hydrogens (tertiary/aromatic N) is 2. The molecule has 0 saturated carbocycles. The summed E-state index contributed by atoms with van der Waals surface area (Å²) in [5, 5.41) is 16.1. The molecule has 1 amide bonds. The molecule has 8 heteroatoms. The third kappa shape index (κ3) is 3.99. The van der Waals surface area contributed by atoms with Gasteiger partial charge in [0.15, 0.2) is 10.9 Å². The van der Waals surface area contributed by atoms with Gasteiger partial charge in [0.1, 0.15) is 12.2 Å². The van der Waals surface area contributed by atoms with E-state index in [4.69, 9.17) is 4.74 Å². The Bertz CT molecular complexity index is 882. The highest BCUT2D eigenvalue weighted by Gasteiger charge is 2.26. The molecular weight excluding hydrogens is 342 g/mol. The summed E-state index contributed by atoms with van der Waals surface area (Å²) in [5.74, 6) is -0.563. The number of nitro benzene ring substituents is 1. The molecule has 0 spiro atoms. The van der Waals surface area contributed by atoms with Gasteiger partial charge in [0, 0.05) is 11.6 Å². The molecule has 0 radical (unpaired) electrons. The first-order valence-corrected chi connectivity index (χ1v) is 8.18. The zero-order valence-corrected chi connectivity index (χ0v) is 13.7. The van der Waals surface area contributed by atoms with Gasteiger partial charge in [0.2, 0.25) is 0 Å². The molecule has 0 aliphatic carbocycles. The average Bonchev–Trinajstić information content (AvgIpc) is 3.13. The van der Waals surface area contributed by atoms with E-state index in [2.05, 4.69) is 10.3 Å². The van der Waals surface area contributed by atoms with E-state index in [0.717, 1.165) is 5.56 Å². The van der Waals surface area contributed by atoms with Crippen molar-refractivity contribution in [1.29, 1.82) is 0 Å². The molecule has 0 unspecified atom stereocenters. The minimum Gasteiger partial charge on any atom is -0.482 e. The maximum atomic E-state index is 12.4. The Hall–Kier alpha value is -3.26. The molecule has 0 bridgehead atoms. The Morgan fingerprint density at radius 3 is 2.68 bits per heavy atom. The zero-order chi connectivity index (χ0) is 17.6. The van der Waals surface area contributed by atoms with Crippen molar-refractivity contribution in [2.75, 3.05) is 5.32 Å². The van der Waals surface area contributed by atoms with Gasteiger partial charge in [0.05, 0.1) is 4.92 Å². The van der Waals surface area contributed by atoms with Gasteiger partial charge in [-0.25, -0.2) is 4.98 Å². The van der Waals surface area contributed by atoms with Crippen molar-refractivity contribution in [2.45, 2.75) is 6.61 Å². The van der Waals surface area contributed by atoms with E-state index in [-0.39, 0.29) is 23.6 Å². The van der Waals surface area contributed by atoms with Crippen LogP contribution in [0.3, 0.4) is 0 Å². The minimum atomic E-state index is -0.614. The van der Waals surface area contributed by atoms with E-state index in [1.807, 2.05) is 30.3 Å². The van der Waals surface area contributed by atoms with Crippen molar-refractivity contribution < 1.29 is 14.5 Å². The van der Waals surface area contributed by atoms with Gasteiger partial charge in [-0.15, -0.1) is 11.3 Å². The van der Waals surface area contributed by atoms with Gasteiger partial charge in [-0.2, -0.15) is 0 Å². The number of benzene rings is 2. The normalized spacial score (nSPS) is 10.2. The number of amides is 1. The highest BCUT2D eigenvalue weighted by Crippen LogP contribution is 2.32. The molecule has 7 nitrogen and oxygen atoms in total. The van der Waals surface area contributed by atoms with Crippen LogP contribution >= 0.6 is 11.3 Å². The van der Waals surface area contributed by atoms with Crippen LogP contribution in [-0.2, 0) is 6.61 Å². The van der Waals surface area contributed by atoms with Crippen LogP contribution in [0.25, 0.3) is 0 Å². The number of carbonyl (C=O) groups excluding carboxylic acids is 1. The summed E-state index contributed by atoms with van der Waals surface area (Å²) in [5.41, 5.74) is 0.424. The standard InChI is InChI=1S/C17H13N3O4S/c21-16(19-17-18-9-10-25-17)13-7-4-8-14(15(13)20(22)23)24-11-12-5-2-1-3-6-12/h1-10H,11H2,(H,18,19,21). The van der Waals surface area contributed by atoms with Crippen LogP contribution in [0.1, 0.15) is 15.9 Å². The van der Waals surface area contributed by atoms with Gasteiger partial charge in [-0.1, -0.05) is 36.4 Å². The number of para-hydroxylation sites is 1. The van der Waals surface area contributed by atoms with Gasteiger partial charge < -0.3 is 4.74 Å². The smallest absolute Gasteiger partial charge is 0.323 e. The SMILES string of the molecule is O=C(Nc1nccs1)c1cccc(OCc2ccccc2)c1[N+](=O)[O-]. The predicted molar refractivity (Wildman–Crippen MR) is 93.9 cm³/mol. The van der Waals surface area contributed by atoms with E-state index in [1.165, 1.54) is 29.7 Å². The van der Waals surface area contributed by atoms with Crippen LogP contribution < -0.4 is 10.1 Å². The molecule has 1 aromatic heterocycles. The number of hydrogen-bond acceptors (Lipinski definition) is 6. The number of carbonyl (C=O) groups is 1. The van der Waals surface area contributed by atoms with Crippen molar-refractivity contribution in [2.24, 2.45) is 0 Å². The second kappa shape index (κ2) is 7.54. The second-order valence-corrected chi connectivity index (χ2v) is 5.87. The van der Waals surface area contributed by atoms with Gasteiger partial charge in [-0.3, -0.25) is 20.2 Å². The first-order chi connectivity index (χ1) is 12.1. The van der Waals surface area contributed by atoms with Crippen LogP contribution in [0, 0.1) is 10.1 Å². The highest BCUT2D eigenvalue weighted by atomic mass is 32.1. The summed E-state index contributed by atoms with van der Waals surface area (Å²) in [6, 6.07) is 13.7. The van der Waals surface area contributed by atoms with Crippen LogP contribution in [0.15, 0.2) is 60.1 Å². The van der Waals surface area contributed by atoms with E-state index >= 15 is 0 Å². The van der Waals surface area contributed by atoms with E-state index in [1.54, 1.807) is 11.4 Å². The Morgan fingerprint density at radius 1 is 1.20 bits per heavy atom. The molecule has 0 saturated heterocycles. The summed E-state index contributed by atoms with van der Waals surface area (Å²) in [6.45, 7) is 0.166. The lowest BCUT2D eigenvalue weighted by Crippen LogP contribution is -2.14. The van der Waals surface area contributed by atoms with Gasteiger partial charge in [0.25, 0.3) is 5.91 Å². The van der Waals surface area contributed by atoms with E-state index in [0.29, 0.717) is 5.13 Å². The average molecular weight is 355 g/mol.